The molecule has 1 aliphatic heterocycles. The number of anilines is 1. The Morgan fingerprint density at radius 3 is 2.67 bits per heavy atom. The maximum Gasteiger partial charge on any atom is 0.319 e. The average Bonchev–Trinajstić information content (AvgIpc) is 2.95. The molecule has 1 aromatic carbocycles. The smallest absolute Gasteiger partial charge is 0.319 e. The second-order valence-electron chi connectivity index (χ2n) is 5.81. The van der Waals surface area contributed by atoms with Crippen LogP contribution >= 0.6 is 0 Å². The largest absolute Gasteiger partial charge is 0.497 e. The zero-order valence-electron chi connectivity index (χ0n) is 13.1. The van der Waals surface area contributed by atoms with E-state index in [1.54, 1.807) is 7.11 Å². The van der Waals surface area contributed by atoms with Gasteiger partial charge in [-0.15, -0.1) is 0 Å². The number of amides is 2. The van der Waals surface area contributed by atoms with Gasteiger partial charge in [0.2, 0.25) is 0 Å². The third-order valence-corrected chi connectivity index (χ3v) is 3.95. The fourth-order valence-corrected chi connectivity index (χ4v) is 2.58. The first-order valence-corrected chi connectivity index (χ1v) is 7.51. The molecule has 1 heterocycles. The molecule has 0 spiro atoms. The van der Waals surface area contributed by atoms with E-state index in [0.29, 0.717) is 12.0 Å². The van der Waals surface area contributed by atoms with E-state index >= 15 is 0 Å². The van der Waals surface area contributed by atoms with Crippen LogP contribution in [0.15, 0.2) is 24.3 Å². The zero-order valence-corrected chi connectivity index (χ0v) is 13.1. The number of nitrogens with zero attached hydrogens (tertiary/aromatic N) is 1. The van der Waals surface area contributed by atoms with E-state index in [1.165, 1.54) is 0 Å². The molecular weight excluding hydrogens is 266 g/mol. The van der Waals surface area contributed by atoms with Gasteiger partial charge in [0.25, 0.3) is 0 Å². The van der Waals surface area contributed by atoms with E-state index in [1.807, 2.05) is 24.3 Å². The van der Waals surface area contributed by atoms with E-state index in [-0.39, 0.29) is 6.03 Å². The molecule has 0 unspecified atom stereocenters. The lowest BCUT2D eigenvalue weighted by Gasteiger charge is -2.20. The molecule has 21 heavy (non-hydrogen) atoms. The van der Waals surface area contributed by atoms with Crippen LogP contribution in [0.3, 0.4) is 0 Å². The highest BCUT2D eigenvalue weighted by atomic mass is 16.5. The van der Waals surface area contributed by atoms with E-state index in [4.69, 9.17) is 4.74 Å². The maximum atomic E-state index is 11.9. The van der Waals surface area contributed by atoms with Crippen molar-refractivity contribution in [2.75, 3.05) is 32.1 Å². The first-order valence-electron chi connectivity index (χ1n) is 7.51. The molecular formula is C16H25N3O2. The number of likely N-dealkylation sites (tertiary alicyclic amines) is 1. The van der Waals surface area contributed by atoms with Crippen molar-refractivity contribution in [3.63, 3.8) is 0 Å². The minimum atomic E-state index is -0.150. The summed E-state index contributed by atoms with van der Waals surface area (Å²) in [6, 6.07) is 7.75. The maximum absolute atomic E-state index is 11.9. The number of carbonyl (C=O) groups excluding carboxylic acids is 1. The van der Waals surface area contributed by atoms with Crippen LogP contribution in [0, 0.1) is 5.92 Å². The van der Waals surface area contributed by atoms with Gasteiger partial charge in [0, 0.05) is 24.8 Å². The highest BCUT2D eigenvalue weighted by Gasteiger charge is 2.24. The lowest BCUT2D eigenvalue weighted by atomic mass is 10.1. The summed E-state index contributed by atoms with van der Waals surface area (Å²) in [6.07, 6.45) is 1.15. The molecule has 0 aromatic heterocycles. The monoisotopic (exact) mass is 291 g/mol. The number of hydrogen-bond acceptors (Lipinski definition) is 3. The van der Waals surface area contributed by atoms with Gasteiger partial charge in [-0.25, -0.2) is 4.79 Å². The Balaban J connectivity index is 1.72. The van der Waals surface area contributed by atoms with Crippen LogP contribution in [0.2, 0.25) is 0 Å². The summed E-state index contributed by atoms with van der Waals surface area (Å²) < 4.78 is 5.09. The van der Waals surface area contributed by atoms with Crippen LogP contribution in [0.25, 0.3) is 0 Å². The Bertz CT molecular complexity index is 459. The van der Waals surface area contributed by atoms with Crippen molar-refractivity contribution in [3.05, 3.63) is 24.3 Å². The second-order valence-corrected chi connectivity index (χ2v) is 5.81. The molecule has 1 aliphatic rings. The Labute approximate surface area is 126 Å². The molecule has 2 amide bonds. The number of benzene rings is 1. The SMILES string of the molecule is COc1ccc(NC(=O)NC[C@@H]2CCN(C(C)C)C2)cc1. The van der Waals surface area contributed by atoms with Crippen molar-refractivity contribution in [2.24, 2.45) is 5.92 Å². The summed E-state index contributed by atoms with van der Waals surface area (Å²) >= 11 is 0. The Morgan fingerprint density at radius 2 is 2.10 bits per heavy atom. The van der Waals surface area contributed by atoms with Gasteiger partial charge >= 0.3 is 6.03 Å². The first-order chi connectivity index (χ1) is 10.1. The molecule has 2 N–H and O–H groups in total. The van der Waals surface area contributed by atoms with Crippen molar-refractivity contribution in [1.82, 2.24) is 10.2 Å². The minimum absolute atomic E-state index is 0.150. The minimum Gasteiger partial charge on any atom is -0.497 e. The predicted molar refractivity (Wildman–Crippen MR) is 84.8 cm³/mol. The highest BCUT2D eigenvalue weighted by Crippen LogP contribution is 2.18. The van der Waals surface area contributed by atoms with Crippen LogP contribution in [0.5, 0.6) is 5.75 Å². The van der Waals surface area contributed by atoms with E-state index in [0.717, 1.165) is 37.5 Å². The molecule has 1 saturated heterocycles. The molecule has 2 rings (SSSR count). The number of carbonyl (C=O) groups is 1. The zero-order chi connectivity index (χ0) is 15.2. The molecule has 116 valence electrons. The van der Waals surface area contributed by atoms with Crippen molar-refractivity contribution in [3.8, 4) is 5.75 Å². The third kappa shape index (κ3) is 4.63. The normalized spacial score (nSPS) is 18.8. The molecule has 1 atom stereocenters. The Hall–Kier alpha value is -1.75. The van der Waals surface area contributed by atoms with Crippen LogP contribution in [-0.4, -0.2) is 43.7 Å². The summed E-state index contributed by atoms with van der Waals surface area (Å²) in [5.41, 5.74) is 0.767. The quantitative estimate of drug-likeness (QED) is 0.876. The van der Waals surface area contributed by atoms with Gasteiger partial charge in [-0.05, 0) is 57.0 Å². The standard InChI is InChI=1S/C16H25N3O2/c1-12(2)19-9-8-13(11-19)10-17-16(20)18-14-4-6-15(21-3)7-5-14/h4-7,12-13H,8-11H2,1-3H3,(H2,17,18,20)/t13-/m0/s1. The summed E-state index contributed by atoms with van der Waals surface area (Å²) in [5.74, 6) is 1.33. The summed E-state index contributed by atoms with van der Waals surface area (Å²) in [6.45, 7) is 7.36. The number of rotatable bonds is 5. The lowest BCUT2D eigenvalue weighted by molar-refractivity contribution is 0.247. The van der Waals surface area contributed by atoms with Crippen molar-refractivity contribution in [1.29, 1.82) is 0 Å². The number of ether oxygens (including phenoxy) is 1. The summed E-state index contributed by atoms with van der Waals surface area (Å²) in [4.78, 5) is 14.3. The van der Waals surface area contributed by atoms with Gasteiger partial charge in [0.1, 0.15) is 5.75 Å². The van der Waals surface area contributed by atoms with E-state index < -0.39 is 0 Å². The molecule has 1 aromatic rings. The van der Waals surface area contributed by atoms with Crippen LogP contribution < -0.4 is 15.4 Å². The fraction of sp³-hybridized carbons (Fsp3) is 0.562. The fourth-order valence-electron chi connectivity index (χ4n) is 2.58. The molecule has 1 fully saturated rings. The average molecular weight is 291 g/mol. The topological polar surface area (TPSA) is 53.6 Å². The molecule has 5 heteroatoms. The molecule has 0 aliphatic carbocycles. The Morgan fingerprint density at radius 1 is 1.38 bits per heavy atom. The van der Waals surface area contributed by atoms with Gasteiger partial charge in [0.05, 0.1) is 7.11 Å². The van der Waals surface area contributed by atoms with Crippen LogP contribution in [0.4, 0.5) is 10.5 Å². The molecule has 5 nitrogen and oxygen atoms in total. The number of methoxy groups -OCH3 is 1. The third-order valence-electron chi connectivity index (χ3n) is 3.95. The highest BCUT2D eigenvalue weighted by molar-refractivity contribution is 5.89. The number of hydrogen-bond donors (Lipinski definition) is 2. The Kier molecular flexibility index (Phi) is 5.44. The van der Waals surface area contributed by atoms with Gasteiger partial charge < -0.3 is 20.3 Å². The van der Waals surface area contributed by atoms with E-state index in [2.05, 4.69) is 29.4 Å². The molecule has 0 saturated carbocycles. The van der Waals surface area contributed by atoms with Crippen LogP contribution in [-0.2, 0) is 0 Å². The van der Waals surface area contributed by atoms with Crippen LogP contribution in [0.1, 0.15) is 20.3 Å². The van der Waals surface area contributed by atoms with Crippen molar-refractivity contribution in [2.45, 2.75) is 26.3 Å². The molecule has 0 bridgehead atoms. The predicted octanol–water partition coefficient (Wildman–Crippen LogP) is 2.55. The number of urea groups is 1. The van der Waals surface area contributed by atoms with E-state index in [9.17, 15) is 4.79 Å². The van der Waals surface area contributed by atoms with Gasteiger partial charge in [0.15, 0.2) is 0 Å². The first kappa shape index (κ1) is 15.6. The van der Waals surface area contributed by atoms with Gasteiger partial charge in [-0.3, -0.25) is 0 Å². The lowest BCUT2D eigenvalue weighted by Crippen LogP contribution is -2.35. The van der Waals surface area contributed by atoms with Gasteiger partial charge in [-0.2, -0.15) is 0 Å². The summed E-state index contributed by atoms with van der Waals surface area (Å²) in [5, 5.41) is 5.79. The van der Waals surface area contributed by atoms with Gasteiger partial charge in [-0.1, -0.05) is 0 Å². The van der Waals surface area contributed by atoms with Crippen molar-refractivity contribution >= 4 is 11.7 Å². The summed E-state index contributed by atoms with van der Waals surface area (Å²) in [7, 11) is 1.62. The molecule has 0 radical (unpaired) electrons. The van der Waals surface area contributed by atoms with Crippen molar-refractivity contribution < 1.29 is 9.53 Å². The second kappa shape index (κ2) is 7.31. The number of nitrogens with one attached hydrogen (secondary N) is 2.